The molecule has 2 atom stereocenters. The summed E-state index contributed by atoms with van der Waals surface area (Å²) in [5.74, 6) is -0.404. The van der Waals surface area contributed by atoms with Crippen LogP contribution in [0, 0.1) is 22.2 Å². The molecule has 1 aliphatic carbocycles. The van der Waals surface area contributed by atoms with Crippen LogP contribution in [0.2, 0.25) is 0 Å². The van der Waals surface area contributed by atoms with Gasteiger partial charge < -0.3 is 5.32 Å². The summed E-state index contributed by atoms with van der Waals surface area (Å²) in [7, 11) is 0. The summed E-state index contributed by atoms with van der Waals surface area (Å²) in [4.78, 5) is 13.5. The minimum Gasteiger partial charge on any atom is -0.351 e. The van der Waals surface area contributed by atoms with Gasteiger partial charge in [-0.25, -0.2) is 0 Å². The SMILES string of the molecule is C=C=CC1(C#N)C(=S)NC2=C(C(=O)CC(C)(C)C2)C1c1ccc(Br)cc1. The molecular weight excluding hydrogens is 408 g/mol. The maximum absolute atomic E-state index is 13.1. The number of thiocarbonyl (C=S) groups is 1. The number of halogens is 1. The molecule has 1 N–H and O–H groups in total. The zero-order chi connectivity index (χ0) is 19.1. The van der Waals surface area contributed by atoms with E-state index in [9.17, 15) is 10.1 Å². The molecule has 0 aromatic heterocycles. The molecule has 1 heterocycles. The van der Waals surface area contributed by atoms with Crippen molar-refractivity contribution in [3.05, 3.63) is 64.0 Å². The number of carbonyl (C=O) groups is 1. The zero-order valence-electron chi connectivity index (χ0n) is 14.7. The molecule has 0 spiro atoms. The number of ketones is 1. The second-order valence-electron chi connectivity index (χ2n) is 7.60. The van der Waals surface area contributed by atoms with Crippen LogP contribution in [-0.4, -0.2) is 10.8 Å². The van der Waals surface area contributed by atoms with E-state index in [0.717, 1.165) is 22.2 Å². The zero-order valence-corrected chi connectivity index (χ0v) is 17.1. The van der Waals surface area contributed by atoms with E-state index < -0.39 is 11.3 Å². The lowest BCUT2D eigenvalue weighted by Crippen LogP contribution is -2.50. The molecule has 5 heteroatoms. The van der Waals surface area contributed by atoms with Gasteiger partial charge in [-0.2, -0.15) is 5.26 Å². The lowest BCUT2D eigenvalue weighted by atomic mass is 9.61. The summed E-state index contributed by atoms with van der Waals surface area (Å²) in [6, 6.07) is 10.0. The number of rotatable bonds is 2. The topological polar surface area (TPSA) is 52.9 Å². The highest BCUT2D eigenvalue weighted by Gasteiger charge is 2.52. The van der Waals surface area contributed by atoms with Gasteiger partial charge in [-0.1, -0.05) is 60.7 Å². The standard InChI is InChI=1S/C21H19BrN2OS/c1-4-9-21(12-23)18(13-5-7-14(22)8-6-13)17-15(24-19(21)26)10-20(2,3)11-16(17)25/h5-9,18H,1,10-11H2,2-3H3,(H,24,26). The number of nitrogens with one attached hydrogen (secondary N) is 1. The summed E-state index contributed by atoms with van der Waals surface area (Å²) >= 11 is 9.04. The minimum atomic E-state index is -1.18. The maximum atomic E-state index is 13.1. The van der Waals surface area contributed by atoms with Crippen LogP contribution in [0.3, 0.4) is 0 Å². The third-order valence-corrected chi connectivity index (χ3v) is 5.99. The fourth-order valence-electron chi connectivity index (χ4n) is 3.92. The fraction of sp³-hybridized carbons (Fsp3) is 0.333. The molecule has 0 saturated carbocycles. The number of hydrogen-bond donors (Lipinski definition) is 1. The Hall–Kier alpha value is -1.99. The van der Waals surface area contributed by atoms with E-state index in [1.54, 1.807) is 6.08 Å². The highest BCUT2D eigenvalue weighted by molar-refractivity contribution is 9.10. The van der Waals surface area contributed by atoms with Crippen LogP contribution in [0.15, 0.2) is 58.4 Å². The summed E-state index contributed by atoms with van der Waals surface area (Å²) in [6.07, 6.45) is 2.76. The Bertz CT molecular complexity index is 916. The molecule has 1 aromatic rings. The van der Waals surface area contributed by atoms with Crippen molar-refractivity contribution < 1.29 is 4.79 Å². The molecule has 26 heavy (non-hydrogen) atoms. The molecule has 3 rings (SSSR count). The average Bonchev–Trinajstić information content (AvgIpc) is 2.56. The fourth-order valence-corrected chi connectivity index (χ4v) is 4.53. The van der Waals surface area contributed by atoms with Crippen molar-refractivity contribution in [2.45, 2.75) is 32.6 Å². The monoisotopic (exact) mass is 426 g/mol. The van der Waals surface area contributed by atoms with Gasteiger partial charge >= 0.3 is 0 Å². The largest absolute Gasteiger partial charge is 0.351 e. The normalized spacial score (nSPS) is 27.1. The van der Waals surface area contributed by atoms with E-state index in [4.69, 9.17) is 12.2 Å². The molecule has 132 valence electrons. The molecule has 0 saturated heterocycles. The Balaban J connectivity index is 2.31. The number of hydrogen-bond acceptors (Lipinski definition) is 3. The van der Waals surface area contributed by atoms with Gasteiger partial charge in [0.25, 0.3) is 0 Å². The van der Waals surface area contributed by atoms with Gasteiger partial charge in [-0.05, 0) is 35.6 Å². The van der Waals surface area contributed by atoms with E-state index in [1.165, 1.54) is 0 Å². The highest BCUT2D eigenvalue weighted by Crippen LogP contribution is 2.51. The van der Waals surface area contributed by atoms with Crippen LogP contribution in [-0.2, 0) is 4.79 Å². The van der Waals surface area contributed by atoms with Crippen molar-refractivity contribution in [1.82, 2.24) is 5.32 Å². The summed E-state index contributed by atoms with van der Waals surface area (Å²) in [6.45, 7) is 7.79. The third kappa shape index (κ3) is 2.99. The van der Waals surface area contributed by atoms with Crippen molar-refractivity contribution in [2.75, 3.05) is 0 Å². The molecule has 1 aliphatic heterocycles. The number of allylic oxidation sites excluding steroid dienone is 2. The number of benzene rings is 1. The molecular formula is C21H19BrN2OS. The molecule has 2 aliphatic rings. The van der Waals surface area contributed by atoms with Crippen LogP contribution >= 0.6 is 28.1 Å². The van der Waals surface area contributed by atoms with Gasteiger partial charge in [-0.15, -0.1) is 5.73 Å². The van der Waals surface area contributed by atoms with Gasteiger partial charge in [0.1, 0.15) is 10.4 Å². The first-order chi connectivity index (χ1) is 12.2. The van der Waals surface area contributed by atoms with Gasteiger partial charge in [0, 0.05) is 28.1 Å². The lowest BCUT2D eigenvalue weighted by Gasteiger charge is -2.44. The second-order valence-corrected chi connectivity index (χ2v) is 8.93. The summed E-state index contributed by atoms with van der Waals surface area (Å²) in [5.41, 5.74) is 3.80. The average molecular weight is 427 g/mol. The van der Waals surface area contributed by atoms with Crippen molar-refractivity contribution >= 4 is 38.9 Å². The molecule has 0 radical (unpaired) electrons. The van der Waals surface area contributed by atoms with E-state index in [1.807, 2.05) is 24.3 Å². The third-order valence-electron chi connectivity index (χ3n) is 5.02. The van der Waals surface area contributed by atoms with E-state index in [-0.39, 0.29) is 11.2 Å². The lowest BCUT2D eigenvalue weighted by molar-refractivity contribution is -0.118. The summed E-state index contributed by atoms with van der Waals surface area (Å²) in [5, 5.41) is 13.3. The molecule has 3 nitrogen and oxygen atoms in total. The van der Waals surface area contributed by atoms with Crippen LogP contribution in [0.5, 0.6) is 0 Å². The maximum Gasteiger partial charge on any atom is 0.161 e. The van der Waals surface area contributed by atoms with E-state index in [0.29, 0.717) is 17.0 Å². The van der Waals surface area contributed by atoms with Crippen LogP contribution < -0.4 is 5.32 Å². The Kier molecular flexibility index (Phi) is 4.79. The number of nitrogens with zero attached hydrogens (tertiary/aromatic N) is 1. The van der Waals surface area contributed by atoms with E-state index >= 15 is 0 Å². The second kappa shape index (κ2) is 6.63. The first-order valence-electron chi connectivity index (χ1n) is 8.35. The molecule has 0 amide bonds. The Morgan fingerprint density at radius 3 is 2.58 bits per heavy atom. The first-order valence-corrected chi connectivity index (χ1v) is 9.55. The number of Topliss-reactive ketones (excluding diaryl/α,β-unsaturated/α-hetero) is 1. The van der Waals surface area contributed by atoms with Gasteiger partial charge in [-0.3, -0.25) is 4.79 Å². The van der Waals surface area contributed by atoms with Gasteiger partial charge in [0.05, 0.1) is 6.07 Å². The van der Waals surface area contributed by atoms with Gasteiger partial charge in [0.15, 0.2) is 5.78 Å². The smallest absolute Gasteiger partial charge is 0.161 e. The Morgan fingerprint density at radius 2 is 2.00 bits per heavy atom. The van der Waals surface area contributed by atoms with Gasteiger partial charge in [0.2, 0.25) is 0 Å². The highest BCUT2D eigenvalue weighted by atomic mass is 79.9. The van der Waals surface area contributed by atoms with Crippen molar-refractivity contribution in [3.8, 4) is 6.07 Å². The Morgan fingerprint density at radius 1 is 1.35 bits per heavy atom. The quantitative estimate of drug-likeness (QED) is 0.536. The minimum absolute atomic E-state index is 0.0660. The molecule has 0 fully saturated rings. The molecule has 2 unspecified atom stereocenters. The number of carbonyl (C=O) groups excluding carboxylic acids is 1. The predicted octanol–water partition coefficient (Wildman–Crippen LogP) is 4.96. The van der Waals surface area contributed by atoms with Crippen LogP contribution in [0.25, 0.3) is 0 Å². The summed E-state index contributed by atoms with van der Waals surface area (Å²) < 4.78 is 0.935. The molecule has 1 aromatic carbocycles. The van der Waals surface area contributed by atoms with E-state index in [2.05, 4.69) is 53.5 Å². The van der Waals surface area contributed by atoms with Crippen LogP contribution in [0.1, 0.15) is 38.2 Å². The number of nitriles is 1. The molecule has 0 bridgehead atoms. The Labute approximate surface area is 167 Å². The van der Waals surface area contributed by atoms with Crippen LogP contribution in [0.4, 0.5) is 0 Å². The van der Waals surface area contributed by atoms with Crippen molar-refractivity contribution in [3.63, 3.8) is 0 Å². The van der Waals surface area contributed by atoms with Crippen molar-refractivity contribution in [2.24, 2.45) is 10.8 Å². The van der Waals surface area contributed by atoms with Crippen molar-refractivity contribution in [1.29, 1.82) is 5.26 Å². The predicted molar refractivity (Wildman–Crippen MR) is 109 cm³/mol. The first kappa shape index (κ1) is 18.8.